The van der Waals surface area contributed by atoms with Crippen LogP contribution in [-0.4, -0.2) is 73.6 Å². The van der Waals surface area contributed by atoms with Gasteiger partial charge in [-0.1, -0.05) is 169 Å². The molecule has 1 fully saturated rings. The molecular weight excluding hydrogens is 757 g/mol. The highest BCUT2D eigenvalue weighted by Gasteiger charge is 2.30. The Bertz CT molecular complexity index is 982. The second kappa shape index (κ2) is 36.7. The van der Waals surface area contributed by atoms with Crippen LogP contribution in [0.25, 0.3) is 0 Å². The molecule has 1 rings (SSSR count). The topological polar surface area (TPSA) is 76.1 Å². The highest BCUT2D eigenvalue weighted by atomic mass is 16.5. The van der Waals surface area contributed by atoms with Crippen LogP contribution in [0.1, 0.15) is 261 Å². The maximum absolute atomic E-state index is 13.5. The minimum absolute atomic E-state index is 0.0481. The second-order valence-corrected chi connectivity index (χ2v) is 20.7. The number of carbonyl (C=O) groups is 3. The number of likely N-dealkylation sites (tertiary alicyclic amines) is 1. The molecule has 0 spiro atoms. The van der Waals surface area contributed by atoms with E-state index < -0.39 is 10.8 Å². The molecule has 7 nitrogen and oxygen atoms in total. The number of carbonyl (C=O) groups excluding carboxylic acids is 3. The van der Waals surface area contributed by atoms with E-state index in [0.717, 1.165) is 115 Å². The first-order chi connectivity index (χ1) is 29.4. The second-order valence-electron chi connectivity index (χ2n) is 20.7. The SMILES string of the molecule is CCCCCC(CCCCC)CCCOC(=O)C(C)(C)CCCCCCN(CCCCCCC(C)(C)C(=O)OCCCC(CCCCC)CCCCC)C(=O)CN1CCCC1. The predicted octanol–water partition coefficient (Wildman–Crippen LogP) is 15.1. The summed E-state index contributed by atoms with van der Waals surface area (Å²) in [5, 5.41) is 0. The van der Waals surface area contributed by atoms with Gasteiger partial charge in [0.25, 0.3) is 0 Å². The van der Waals surface area contributed by atoms with Crippen molar-refractivity contribution in [1.29, 1.82) is 0 Å². The molecule has 1 saturated heterocycles. The molecule has 360 valence electrons. The standard InChI is InChI=1S/C54H104N2O5/c1-9-13-21-33-48(34-22-14-10-2)37-31-45-60-51(58)53(5,6)39-25-17-19-27-43-56(50(57)47-55-41-29-30-42-55)44-28-20-18-26-40-54(7,8)52(59)61-46-32-38-49(35-23-15-11-3)36-24-16-12-4/h48-49H,9-47H2,1-8H3. The molecule has 0 bridgehead atoms. The van der Waals surface area contributed by atoms with Crippen LogP contribution in [0.5, 0.6) is 0 Å². The van der Waals surface area contributed by atoms with Gasteiger partial charge in [-0.2, -0.15) is 0 Å². The van der Waals surface area contributed by atoms with E-state index in [2.05, 4.69) is 37.5 Å². The molecular formula is C54H104N2O5. The highest BCUT2D eigenvalue weighted by molar-refractivity contribution is 5.78. The van der Waals surface area contributed by atoms with Gasteiger partial charge in [0.15, 0.2) is 0 Å². The van der Waals surface area contributed by atoms with E-state index >= 15 is 0 Å². The summed E-state index contributed by atoms with van der Waals surface area (Å²) in [6.45, 7) is 22.6. The molecule has 0 unspecified atom stereocenters. The highest BCUT2D eigenvalue weighted by Crippen LogP contribution is 2.29. The van der Waals surface area contributed by atoms with E-state index in [9.17, 15) is 14.4 Å². The van der Waals surface area contributed by atoms with Crippen molar-refractivity contribution < 1.29 is 23.9 Å². The predicted molar refractivity (Wildman–Crippen MR) is 260 cm³/mol. The first kappa shape index (κ1) is 57.4. The Kier molecular flexibility index (Phi) is 34.5. The lowest BCUT2D eigenvalue weighted by atomic mass is 9.87. The molecule has 0 N–H and O–H groups in total. The van der Waals surface area contributed by atoms with Gasteiger partial charge in [0, 0.05) is 13.1 Å². The van der Waals surface area contributed by atoms with E-state index in [4.69, 9.17) is 9.47 Å². The van der Waals surface area contributed by atoms with Crippen LogP contribution in [0.3, 0.4) is 0 Å². The first-order valence-corrected chi connectivity index (χ1v) is 26.7. The Balaban J connectivity index is 2.41. The molecule has 1 aliphatic heterocycles. The van der Waals surface area contributed by atoms with E-state index in [1.54, 1.807) is 0 Å². The molecule has 0 aromatic rings. The molecule has 7 heteroatoms. The Morgan fingerprint density at radius 3 is 1.18 bits per heavy atom. The fraction of sp³-hybridized carbons (Fsp3) is 0.944. The molecule has 1 heterocycles. The third kappa shape index (κ3) is 29.4. The zero-order chi connectivity index (χ0) is 45.0. The average molecular weight is 861 g/mol. The fourth-order valence-corrected chi connectivity index (χ4v) is 9.31. The Labute approximate surface area is 379 Å². The van der Waals surface area contributed by atoms with Gasteiger partial charge in [0.05, 0.1) is 30.6 Å². The maximum atomic E-state index is 13.5. The summed E-state index contributed by atoms with van der Waals surface area (Å²) >= 11 is 0. The van der Waals surface area contributed by atoms with Gasteiger partial charge in [-0.3, -0.25) is 19.3 Å². The summed E-state index contributed by atoms with van der Waals surface area (Å²) in [5.41, 5.74) is -0.918. The molecule has 0 radical (unpaired) electrons. The molecule has 0 aromatic carbocycles. The number of hydrogen-bond donors (Lipinski definition) is 0. The zero-order valence-electron chi connectivity index (χ0n) is 42.2. The number of amides is 1. The lowest BCUT2D eigenvalue weighted by molar-refractivity contribution is -0.155. The van der Waals surface area contributed by atoms with E-state index in [0.29, 0.717) is 19.8 Å². The molecule has 0 saturated carbocycles. The molecule has 0 aliphatic carbocycles. The quantitative estimate of drug-likeness (QED) is 0.0449. The van der Waals surface area contributed by atoms with Crippen LogP contribution >= 0.6 is 0 Å². The van der Waals surface area contributed by atoms with Crippen molar-refractivity contribution in [3.05, 3.63) is 0 Å². The summed E-state index contributed by atoms with van der Waals surface area (Å²) < 4.78 is 11.7. The summed E-state index contributed by atoms with van der Waals surface area (Å²) in [5.74, 6) is 1.73. The molecule has 1 amide bonds. The lowest BCUT2D eigenvalue weighted by Crippen LogP contribution is -2.40. The van der Waals surface area contributed by atoms with Crippen LogP contribution in [0, 0.1) is 22.7 Å². The van der Waals surface area contributed by atoms with Crippen LogP contribution in [0.15, 0.2) is 0 Å². The third-order valence-corrected chi connectivity index (χ3v) is 13.8. The number of esters is 2. The first-order valence-electron chi connectivity index (χ1n) is 26.7. The molecule has 0 atom stereocenters. The van der Waals surface area contributed by atoms with Crippen molar-refractivity contribution in [2.24, 2.45) is 22.7 Å². The van der Waals surface area contributed by atoms with Crippen molar-refractivity contribution in [1.82, 2.24) is 9.80 Å². The fourth-order valence-electron chi connectivity index (χ4n) is 9.31. The minimum Gasteiger partial charge on any atom is -0.465 e. The third-order valence-electron chi connectivity index (χ3n) is 13.8. The van der Waals surface area contributed by atoms with E-state index in [1.807, 2.05) is 27.7 Å². The van der Waals surface area contributed by atoms with Crippen molar-refractivity contribution >= 4 is 17.8 Å². The number of rotatable bonds is 42. The molecule has 61 heavy (non-hydrogen) atoms. The van der Waals surface area contributed by atoms with Crippen molar-refractivity contribution in [2.45, 2.75) is 261 Å². The van der Waals surface area contributed by atoms with Crippen LogP contribution < -0.4 is 0 Å². The molecule has 1 aliphatic rings. The lowest BCUT2D eigenvalue weighted by Gasteiger charge is -2.26. The monoisotopic (exact) mass is 861 g/mol. The maximum Gasteiger partial charge on any atom is 0.311 e. The van der Waals surface area contributed by atoms with Gasteiger partial charge >= 0.3 is 11.9 Å². The number of nitrogens with zero attached hydrogens (tertiary/aromatic N) is 2. The number of hydrogen-bond acceptors (Lipinski definition) is 6. The Morgan fingerprint density at radius 1 is 0.475 bits per heavy atom. The van der Waals surface area contributed by atoms with Crippen LogP contribution in [-0.2, 0) is 23.9 Å². The summed E-state index contributed by atoms with van der Waals surface area (Å²) in [6, 6.07) is 0. The Hall–Kier alpha value is -1.63. The van der Waals surface area contributed by atoms with Crippen molar-refractivity contribution in [3.8, 4) is 0 Å². The minimum atomic E-state index is -0.459. The van der Waals surface area contributed by atoms with E-state index in [1.165, 1.54) is 128 Å². The van der Waals surface area contributed by atoms with Gasteiger partial charge in [-0.15, -0.1) is 0 Å². The van der Waals surface area contributed by atoms with Gasteiger partial charge < -0.3 is 14.4 Å². The zero-order valence-corrected chi connectivity index (χ0v) is 42.2. The number of unbranched alkanes of at least 4 members (excludes halogenated alkanes) is 14. The normalized spacial score (nSPS) is 13.7. The van der Waals surface area contributed by atoms with Gasteiger partial charge in [-0.05, 0) is 117 Å². The van der Waals surface area contributed by atoms with Crippen molar-refractivity contribution in [2.75, 3.05) is 45.9 Å². The summed E-state index contributed by atoms with van der Waals surface area (Å²) in [6.07, 6.45) is 37.6. The summed E-state index contributed by atoms with van der Waals surface area (Å²) in [4.78, 5) is 44.0. The number of ether oxygens (including phenoxy) is 2. The Morgan fingerprint density at radius 2 is 0.820 bits per heavy atom. The average Bonchev–Trinajstić information content (AvgIpc) is 3.75. The molecule has 0 aromatic heterocycles. The van der Waals surface area contributed by atoms with Gasteiger partial charge in [-0.25, -0.2) is 0 Å². The van der Waals surface area contributed by atoms with Crippen LogP contribution in [0.4, 0.5) is 0 Å². The smallest absolute Gasteiger partial charge is 0.311 e. The van der Waals surface area contributed by atoms with Crippen LogP contribution in [0.2, 0.25) is 0 Å². The van der Waals surface area contributed by atoms with Crippen molar-refractivity contribution in [3.63, 3.8) is 0 Å². The summed E-state index contributed by atoms with van der Waals surface area (Å²) in [7, 11) is 0. The van der Waals surface area contributed by atoms with Gasteiger partial charge in [0.2, 0.25) is 5.91 Å². The van der Waals surface area contributed by atoms with E-state index in [-0.39, 0.29) is 17.8 Å². The largest absolute Gasteiger partial charge is 0.465 e. The van der Waals surface area contributed by atoms with Gasteiger partial charge in [0.1, 0.15) is 0 Å².